The highest BCUT2D eigenvalue weighted by molar-refractivity contribution is 7.10. The molecule has 2 bridgehead atoms. The molecule has 0 saturated carbocycles. The van der Waals surface area contributed by atoms with Crippen LogP contribution in [0.2, 0.25) is 0 Å². The predicted octanol–water partition coefficient (Wildman–Crippen LogP) is 3.25. The molecule has 0 spiro atoms. The minimum absolute atomic E-state index is 0.222. The standard InChI is InChI=1S/C17H21N3OS2/c1-12-4-14(9-23-12)17(21)20-6-13-2-3-16(20)8-19(5-13)7-15-10-22-11-18-15/h4,9-11,13,16H,2-3,5-8H2,1H3/t13-,16+/m0/s1. The number of thiazole rings is 1. The van der Waals surface area contributed by atoms with Crippen LogP contribution in [-0.4, -0.2) is 46.4 Å². The van der Waals surface area contributed by atoms with E-state index in [9.17, 15) is 4.79 Å². The number of nitrogens with zero attached hydrogens (tertiary/aromatic N) is 3. The Morgan fingerprint density at radius 3 is 2.96 bits per heavy atom. The summed E-state index contributed by atoms with van der Waals surface area (Å²) in [5, 5.41) is 4.13. The summed E-state index contributed by atoms with van der Waals surface area (Å²) < 4.78 is 0. The Hall–Kier alpha value is -1.24. The van der Waals surface area contributed by atoms with Gasteiger partial charge in [-0.1, -0.05) is 0 Å². The second-order valence-corrected chi connectivity index (χ2v) is 8.51. The van der Waals surface area contributed by atoms with Crippen LogP contribution in [0.25, 0.3) is 0 Å². The highest BCUT2D eigenvalue weighted by Crippen LogP contribution is 2.30. The molecule has 3 saturated heterocycles. The molecule has 0 radical (unpaired) electrons. The van der Waals surface area contributed by atoms with Crippen LogP contribution in [0.1, 0.15) is 33.8 Å². The van der Waals surface area contributed by atoms with Crippen LogP contribution in [0.3, 0.4) is 0 Å². The minimum atomic E-state index is 0.222. The van der Waals surface area contributed by atoms with Gasteiger partial charge in [-0.15, -0.1) is 22.7 Å². The smallest absolute Gasteiger partial charge is 0.255 e. The maximum absolute atomic E-state index is 12.9. The third kappa shape index (κ3) is 3.20. The number of fused-ring (bicyclic) bond motifs is 4. The first-order valence-corrected chi connectivity index (χ1v) is 9.97. The van der Waals surface area contributed by atoms with Crippen LogP contribution < -0.4 is 0 Å². The monoisotopic (exact) mass is 347 g/mol. The molecule has 0 aliphatic carbocycles. The van der Waals surface area contributed by atoms with E-state index < -0.39 is 0 Å². The van der Waals surface area contributed by atoms with E-state index in [1.54, 1.807) is 22.7 Å². The Balaban J connectivity index is 1.50. The first-order chi connectivity index (χ1) is 11.2. The van der Waals surface area contributed by atoms with Gasteiger partial charge in [0.15, 0.2) is 0 Å². The molecule has 5 rings (SSSR count). The van der Waals surface area contributed by atoms with E-state index in [2.05, 4.69) is 27.1 Å². The minimum Gasteiger partial charge on any atom is -0.334 e. The van der Waals surface area contributed by atoms with Crippen LogP contribution in [0.15, 0.2) is 22.3 Å². The number of carbonyl (C=O) groups is 1. The van der Waals surface area contributed by atoms with Crippen LogP contribution >= 0.6 is 22.7 Å². The number of amides is 1. The van der Waals surface area contributed by atoms with Crippen LogP contribution in [0.4, 0.5) is 0 Å². The van der Waals surface area contributed by atoms with Crippen molar-refractivity contribution in [2.75, 3.05) is 19.6 Å². The van der Waals surface area contributed by atoms with Gasteiger partial charge < -0.3 is 4.90 Å². The summed E-state index contributed by atoms with van der Waals surface area (Å²) >= 11 is 3.31. The third-order valence-corrected chi connectivity index (χ3v) is 6.39. The number of hydrogen-bond acceptors (Lipinski definition) is 5. The highest BCUT2D eigenvalue weighted by atomic mass is 32.1. The Bertz CT molecular complexity index is 682. The Labute approximate surface area is 144 Å². The van der Waals surface area contributed by atoms with Crippen molar-refractivity contribution in [3.8, 4) is 0 Å². The van der Waals surface area contributed by atoms with Crippen LogP contribution in [0, 0.1) is 12.8 Å². The van der Waals surface area contributed by atoms with Crippen molar-refractivity contribution in [3.63, 3.8) is 0 Å². The van der Waals surface area contributed by atoms with Crippen molar-refractivity contribution in [2.45, 2.75) is 32.4 Å². The molecule has 0 N–H and O–H groups in total. The fourth-order valence-electron chi connectivity index (χ4n) is 3.82. The van der Waals surface area contributed by atoms with Crippen molar-refractivity contribution in [3.05, 3.63) is 38.5 Å². The summed E-state index contributed by atoms with van der Waals surface area (Å²) in [6, 6.07) is 2.37. The van der Waals surface area contributed by atoms with Gasteiger partial charge in [0.05, 0.1) is 16.8 Å². The van der Waals surface area contributed by atoms with Gasteiger partial charge in [-0.25, -0.2) is 4.98 Å². The molecule has 2 aromatic heterocycles. The van der Waals surface area contributed by atoms with Crippen LogP contribution in [-0.2, 0) is 6.54 Å². The van der Waals surface area contributed by atoms with Gasteiger partial charge in [0.2, 0.25) is 0 Å². The molecule has 122 valence electrons. The van der Waals surface area contributed by atoms with E-state index in [0.717, 1.165) is 43.9 Å². The zero-order valence-corrected chi connectivity index (χ0v) is 14.9. The van der Waals surface area contributed by atoms with Gasteiger partial charge in [0, 0.05) is 47.9 Å². The van der Waals surface area contributed by atoms with Crippen molar-refractivity contribution >= 4 is 28.6 Å². The molecule has 23 heavy (non-hydrogen) atoms. The number of piperidine rings is 1. The fraction of sp³-hybridized carbons (Fsp3) is 0.529. The summed E-state index contributed by atoms with van der Waals surface area (Å²) in [6.07, 6.45) is 2.37. The molecular formula is C17H21N3OS2. The summed E-state index contributed by atoms with van der Waals surface area (Å²) in [6.45, 7) is 5.94. The normalized spacial score (nSPS) is 24.8. The molecule has 0 aromatic carbocycles. The topological polar surface area (TPSA) is 36.4 Å². The van der Waals surface area contributed by atoms with Crippen molar-refractivity contribution < 1.29 is 4.79 Å². The summed E-state index contributed by atoms with van der Waals surface area (Å²) in [5.74, 6) is 0.815. The number of aromatic nitrogens is 1. The highest BCUT2D eigenvalue weighted by Gasteiger charge is 2.37. The molecule has 3 fully saturated rings. The fourth-order valence-corrected chi connectivity index (χ4v) is 5.05. The van der Waals surface area contributed by atoms with Gasteiger partial charge in [-0.2, -0.15) is 0 Å². The van der Waals surface area contributed by atoms with E-state index in [1.165, 1.54) is 11.3 Å². The van der Waals surface area contributed by atoms with Gasteiger partial charge >= 0.3 is 0 Å². The zero-order valence-electron chi connectivity index (χ0n) is 13.3. The average molecular weight is 348 g/mol. The lowest BCUT2D eigenvalue weighted by molar-refractivity contribution is 0.0585. The first-order valence-electron chi connectivity index (χ1n) is 8.14. The van der Waals surface area contributed by atoms with Gasteiger partial charge in [0.25, 0.3) is 5.91 Å². The molecule has 3 aliphatic rings. The Kier molecular flexibility index (Phi) is 4.22. The lowest BCUT2D eigenvalue weighted by Gasteiger charge is -2.36. The molecule has 2 aromatic rings. The number of aryl methyl sites for hydroxylation is 1. The largest absolute Gasteiger partial charge is 0.334 e. The molecule has 6 heteroatoms. The van der Waals surface area contributed by atoms with Crippen LogP contribution in [0.5, 0.6) is 0 Å². The lowest BCUT2D eigenvalue weighted by Crippen LogP contribution is -2.47. The van der Waals surface area contributed by atoms with E-state index >= 15 is 0 Å². The van der Waals surface area contributed by atoms with Gasteiger partial charge in [-0.05, 0) is 31.7 Å². The quantitative estimate of drug-likeness (QED) is 0.855. The maximum Gasteiger partial charge on any atom is 0.255 e. The molecule has 0 unspecified atom stereocenters. The average Bonchev–Trinajstić information content (AvgIpc) is 3.12. The summed E-state index contributed by atoms with van der Waals surface area (Å²) in [5.41, 5.74) is 3.92. The third-order valence-electron chi connectivity index (χ3n) is 4.90. The number of thiophene rings is 1. The molecular weight excluding hydrogens is 326 g/mol. The van der Waals surface area contributed by atoms with Crippen molar-refractivity contribution in [1.29, 1.82) is 0 Å². The van der Waals surface area contributed by atoms with E-state index in [0.29, 0.717) is 12.0 Å². The van der Waals surface area contributed by atoms with Crippen molar-refractivity contribution in [2.24, 2.45) is 5.92 Å². The second kappa shape index (κ2) is 6.34. The molecule has 1 amide bonds. The first kappa shape index (κ1) is 15.3. The number of rotatable bonds is 3. The summed E-state index contributed by atoms with van der Waals surface area (Å²) in [7, 11) is 0. The number of hydrogen-bond donors (Lipinski definition) is 0. The Morgan fingerprint density at radius 1 is 1.30 bits per heavy atom. The van der Waals surface area contributed by atoms with E-state index in [1.807, 2.05) is 17.0 Å². The van der Waals surface area contributed by atoms with E-state index in [-0.39, 0.29) is 5.91 Å². The summed E-state index contributed by atoms with van der Waals surface area (Å²) in [4.78, 5) is 23.1. The SMILES string of the molecule is Cc1cc(C(=O)N2C[C@H]3CC[C@@H]2CN(Cc2cscn2)C3)cs1. The molecule has 5 heterocycles. The molecule has 3 aliphatic heterocycles. The molecule has 2 atom stereocenters. The van der Waals surface area contributed by atoms with Crippen molar-refractivity contribution in [1.82, 2.24) is 14.8 Å². The van der Waals surface area contributed by atoms with Gasteiger partial charge in [-0.3, -0.25) is 9.69 Å². The number of carbonyl (C=O) groups excluding carboxylic acids is 1. The second-order valence-electron chi connectivity index (χ2n) is 6.67. The Morgan fingerprint density at radius 2 is 2.22 bits per heavy atom. The van der Waals surface area contributed by atoms with E-state index in [4.69, 9.17) is 0 Å². The maximum atomic E-state index is 12.9. The predicted molar refractivity (Wildman–Crippen MR) is 94.0 cm³/mol. The zero-order chi connectivity index (χ0) is 15.8. The molecule has 4 nitrogen and oxygen atoms in total. The lowest BCUT2D eigenvalue weighted by atomic mass is 9.94. The van der Waals surface area contributed by atoms with Gasteiger partial charge in [0.1, 0.15) is 0 Å².